The molecular weight excluding hydrogens is 344 g/mol. The molecule has 1 aliphatic carbocycles. The number of hydrogen-bond acceptors (Lipinski definition) is 3. The highest BCUT2D eigenvalue weighted by Gasteiger charge is 2.39. The van der Waals surface area contributed by atoms with Crippen LogP contribution in [0.15, 0.2) is 54.6 Å². The predicted octanol–water partition coefficient (Wildman–Crippen LogP) is 3.23. The summed E-state index contributed by atoms with van der Waals surface area (Å²) in [6.07, 6.45) is 0.709. The summed E-state index contributed by atoms with van der Waals surface area (Å²) in [4.78, 5) is 35.6. The van der Waals surface area contributed by atoms with Gasteiger partial charge in [0.15, 0.2) is 0 Å². The van der Waals surface area contributed by atoms with Gasteiger partial charge in [0.2, 0.25) is 5.91 Å². The third-order valence-corrected chi connectivity index (χ3v) is 4.75. The number of nitrogens with one attached hydrogen (secondary N) is 2. The highest BCUT2D eigenvalue weighted by molar-refractivity contribution is 5.97. The number of amides is 2. The second kappa shape index (κ2) is 8.03. The highest BCUT2D eigenvalue weighted by Crippen LogP contribution is 2.38. The van der Waals surface area contributed by atoms with Crippen LogP contribution in [0.2, 0.25) is 0 Å². The van der Waals surface area contributed by atoms with Gasteiger partial charge < -0.3 is 15.7 Å². The predicted molar refractivity (Wildman–Crippen MR) is 101 cm³/mol. The van der Waals surface area contributed by atoms with Gasteiger partial charge in [-0.1, -0.05) is 37.3 Å². The molecule has 0 saturated heterocycles. The van der Waals surface area contributed by atoms with Crippen molar-refractivity contribution < 1.29 is 19.5 Å². The molecule has 0 radical (unpaired) electrons. The summed E-state index contributed by atoms with van der Waals surface area (Å²) in [7, 11) is 0. The van der Waals surface area contributed by atoms with Crippen molar-refractivity contribution in [3.05, 3.63) is 65.7 Å². The van der Waals surface area contributed by atoms with Gasteiger partial charge in [-0.25, -0.2) is 0 Å². The molecule has 6 nitrogen and oxygen atoms in total. The minimum absolute atomic E-state index is 0.00491. The van der Waals surface area contributed by atoms with Gasteiger partial charge in [-0.05, 0) is 42.2 Å². The van der Waals surface area contributed by atoms with Crippen LogP contribution in [-0.2, 0) is 9.59 Å². The largest absolute Gasteiger partial charge is 0.481 e. The fourth-order valence-electron chi connectivity index (χ4n) is 2.98. The number of carboxylic acid groups (broad SMARTS) is 1. The van der Waals surface area contributed by atoms with Crippen LogP contribution in [0, 0.1) is 11.8 Å². The molecule has 2 aromatic carbocycles. The molecule has 0 aromatic heterocycles. The smallest absolute Gasteiger partial charge is 0.305 e. The Kier molecular flexibility index (Phi) is 5.54. The molecule has 140 valence electrons. The fourth-order valence-corrected chi connectivity index (χ4v) is 2.98. The van der Waals surface area contributed by atoms with Gasteiger partial charge >= 0.3 is 5.97 Å². The number of aliphatic carboxylic acids is 1. The van der Waals surface area contributed by atoms with E-state index >= 15 is 0 Å². The van der Waals surface area contributed by atoms with E-state index < -0.39 is 12.0 Å². The summed E-state index contributed by atoms with van der Waals surface area (Å²) < 4.78 is 0. The van der Waals surface area contributed by atoms with Crippen LogP contribution in [0.25, 0.3) is 0 Å². The van der Waals surface area contributed by atoms with Crippen LogP contribution in [0.5, 0.6) is 0 Å². The normalized spacial score (nSPS) is 19.0. The van der Waals surface area contributed by atoms with Crippen molar-refractivity contribution in [1.82, 2.24) is 5.32 Å². The van der Waals surface area contributed by atoms with Crippen LogP contribution in [0.4, 0.5) is 5.69 Å². The number of hydrogen-bond donors (Lipinski definition) is 3. The van der Waals surface area contributed by atoms with Crippen LogP contribution < -0.4 is 10.6 Å². The molecule has 3 atom stereocenters. The maximum atomic E-state index is 12.5. The molecule has 6 heteroatoms. The summed E-state index contributed by atoms with van der Waals surface area (Å²) >= 11 is 0. The summed E-state index contributed by atoms with van der Waals surface area (Å²) in [6.45, 7) is 2.04. The fraction of sp³-hybridized carbons (Fsp3) is 0.286. The van der Waals surface area contributed by atoms with E-state index in [0.29, 0.717) is 17.2 Å². The van der Waals surface area contributed by atoms with Crippen LogP contribution in [0.1, 0.15) is 41.7 Å². The van der Waals surface area contributed by atoms with Gasteiger partial charge in [0, 0.05) is 17.2 Å². The Hall–Kier alpha value is -3.15. The van der Waals surface area contributed by atoms with Crippen molar-refractivity contribution in [3.63, 3.8) is 0 Å². The number of carbonyl (C=O) groups is 3. The third kappa shape index (κ3) is 4.94. The Balaban J connectivity index is 1.65. The number of rotatable bonds is 7. The Bertz CT molecular complexity index is 833. The molecule has 0 spiro atoms. The molecule has 3 rings (SSSR count). The molecule has 0 heterocycles. The number of carbonyl (C=O) groups excluding carboxylic acids is 2. The van der Waals surface area contributed by atoms with E-state index in [0.717, 1.165) is 12.0 Å². The molecule has 27 heavy (non-hydrogen) atoms. The lowest BCUT2D eigenvalue weighted by Crippen LogP contribution is -2.30. The van der Waals surface area contributed by atoms with E-state index in [4.69, 9.17) is 5.11 Å². The number of carboxylic acids is 1. The molecule has 1 fully saturated rings. The van der Waals surface area contributed by atoms with Crippen LogP contribution >= 0.6 is 0 Å². The molecule has 3 N–H and O–H groups in total. The van der Waals surface area contributed by atoms with E-state index in [1.165, 1.54) is 0 Å². The first-order chi connectivity index (χ1) is 12.9. The average Bonchev–Trinajstić information content (AvgIpc) is 3.39. The standard InChI is InChI=1S/C21H22N2O4/c1-13-11-17(13)21(27)22-16-9-7-15(8-10-16)20(26)23-18(12-19(24)25)14-5-3-2-4-6-14/h2-10,13,17-18H,11-12H2,1H3,(H,22,27)(H,23,26)(H,24,25). The SMILES string of the molecule is CC1CC1C(=O)Nc1ccc(C(=O)NC(CC(=O)O)c2ccccc2)cc1. The molecule has 2 amide bonds. The number of anilines is 1. The van der Waals surface area contributed by atoms with Crippen molar-refractivity contribution in [3.8, 4) is 0 Å². The first-order valence-electron chi connectivity index (χ1n) is 8.92. The average molecular weight is 366 g/mol. The van der Waals surface area contributed by atoms with Gasteiger partial charge in [0.25, 0.3) is 5.91 Å². The topological polar surface area (TPSA) is 95.5 Å². The molecular formula is C21H22N2O4. The van der Waals surface area contributed by atoms with E-state index in [2.05, 4.69) is 10.6 Å². The van der Waals surface area contributed by atoms with Crippen molar-refractivity contribution in [1.29, 1.82) is 0 Å². The lowest BCUT2D eigenvalue weighted by atomic mass is 10.0. The Morgan fingerprint density at radius 2 is 1.70 bits per heavy atom. The molecule has 3 unspecified atom stereocenters. The highest BCUT2D eigenvalue weighted by atomic mass is 16.4. The minimum atomic E-state index is -0.989. The third-order valence-electron chi connectivity index (χ3n) is 4.75. The minimum Gasteiger partial charge on any atom is -0.481 e. The van der Waals surface area contributed by atoms with Gasteiger partial charge in [0.05, 0.1) is 12.5 Å². The second-order valence-electron chi connectivity index (χ2n) is 6.92. The zero-order valence-electron chi connectivity index (χ0n) is 15.0. The van der Waals surface area contributed by atoms with E-state index in [1.54, 1.807) is 48.5 Å². The summed E-state index contributed by atoms with van der Waals surface area (Å²) in [6, 6.07) is 15.0. The van der Waals surface area contributed by atoms with E-state index in [-0.39, 0.29) is 24.2 Å². The van der Waals surface area contributed by atoms with E-state index in [9.17, 15) is 14.4 Å². The van der Waals surface area contributed by atoms with Crippen LogP contribution in [0.3, 0.4) is 0 Å². The Labute approximate surface area is 157 Å². The van der Waals surface area contributed by atoms with Crippen molar-refractivity contribution in [2.75, 3.05) is 5.32 Å². The Morgan fingerprint density at radius 3 is 2.26 bits per heavy atom. The van der Waals surface area contributed by atoms with Crippen LogP contribution in [-0.4, -0.2) is 22.9 Å². The van der Waals surface area contributed by atoms with Crippen molar-refractivity contribution in [2.24, 2.45) is 11.8 Å². The van der Waals surface area contributed by atoms with Gasteiger partial charge in [-0.15, -0.1) is 0 Å². The van der Waals surface area contributed by atoms with Crippen molar-refractivity contribution >= 4 is 23.5 Å². The molecule has 2 aromatic rings. The van der Waals surface area contributed by atoms with Gasteiger partial charge in [-0.2, -0.15) is 0 Å². The molecule has 1 aliphatic rings. The molecule has 0 aliphatic heterocycles. The molecule has 0 bridgehead atoms. The first-order valence-corrected chi connectivity index (χ1v) is 8.92. The zero-order chi connectivity index (χ0) is 19.4. The Morgan fingerprint density at radius 1 is 1.07 bits per heavy atom. The lowest BCUT2D eigenvalue weighted by Gasteiger charge is -2.17. The van der Waals surface area contributed by atoms with Crippen molar-refractivity contribution in [2.45, 2.75) is 25.8 Å². The summed E-state index contributed by atoms with van der Waals surface area (Å²) in [5, 5.41) is 14.7. The monoisotopic (exact) mass is 366 g/mol. The number of benzene rings is 2. The summed E-state index contributed by atoms with van der Waals surface area (Å²) in [5.41, 5.74) is 1.77. The quantitative estimate of drug-likeness (QED) is 0.701. The maximum Gasteiger partial charge on any atom is 0.305 e. The summed E-state index contributed by atoms with van der Waals surface area (Å²) in [5.74, 6) is -0.838. The lowest BCUT2D eigenvalue weighted by molar-refractivity contribution is -0.137. The van der Waals surface area contributed by atoms with E-state index in [1.807, 2.05) is 13.0 Å². The maximum absolute atomic E-state index is 12.5. The zero-order valence-corrected chi connectivity index (χ0v) is 15.0. The first kappa shape index (κ1) is 18.6. The van der Waals surface area contributed by atoms with Gasteiger partial charge in [0.1, 0.15) is 0 Å². The van der Waals surface area contributed by atoms with Gasteiger partial charge in [-0.3, -0.25) is 14.4 Å². The molecule has 1 saturated carbocycles. The second-order valence-corrected chi connectivity index (χ2v) is 6.92.